The van der Waals surface area contributed by atoms with Crippen molar-refractivity contribution in [2.45, 2.75) is 52.2 Å². The summed E-state index contributed by atoms with van der Waals surface area (Å²) in [5.74, 6) is 0.818. The van der Waals surface area contributed by atoms with Crippen LogP contribution in [0.25, 0.3) is 0 Å². The minimum absolute atomic E-state index is 0.237. The van der Waals surface area contributed by atoms with Gasteiger partial charge < -0.3 is 9.67 Å². The molecule has 1 aromatic rings. The average molecular weight is 219 g/mol. The van der Waals surface area contributed by atoms with E-state index in [0.29, 0.717) is 6.04 Å². The second-order valence-corrected chi connectivity index (χ2v) is 6.47. The SMILES string of the molecule is CC1CC1n1ccc2c1CC(C)(C)CC2O. The third-order valence-electron chi connectivity index (χ3n) is 4.23. The predicted octanol–water partition coefficient (Wildman–Crippen LogP) is 3.07. The van der Waals surface area contributed by atoms with E-state index in [1.54, 1.807) is 0 Å². The fourth-order valence-electron chi connectivity index (χ4n) is 3.15. The van der Waals surface area contributed by atoms with E-state index in [4.69, 9.17) is 0 Å². The molecule has 1 fully saturated rings. The first-order valence-electron chi connectivity index (χ1n) is 6.35. The molecule has 0 radical (unpaired) electrons. The van der Waals surface area contributed by atoms with E-state index in [9.17, 15) is 5.11 Å². The van der Waals surface area contributed by atoms with Gasteiger partial charge in [-0.25, -0.2) is 0 Å². The van der Waals surface area contributed by atoms with E-state index < -0.39 is 0 Å². The van der Waals surface area contributed by atoms with Crippen LogP contribution in [0.5, 0.6) is 0 Å². The Morgan fingerprint density at radius 1 is 1.44 bits per heavy atom. The van der Waals surface area contributed by atoms with Crippen LogP contribution in [0.3, 0.4) is 0 Å². The lowest BCUT2D eigenvalue weighted by molar-refractivity contribution is 0.0979. The maximum atomic E-state index is 10.2. The van der Waals surface area contributed by atoms with Gasteiger partial charge in [-0.1, -0.05) is 20.8 Å². The number of aromatic nitrogens is 1. The van der Waals surface area contributed by atoms with Crippen molar-refractivity contribution in [1.29, 1.82) is 0 Å². The number of nitrogens with zero attached hydrogens (tertiary/aromatic N) is 1. The van der Waals surface area contributed by atoms with Gasteiger partial charge in [-0.2, -0.15) is 0 Å². The summed E-state index contributed by atoms with van der Waals surface area (Å²) in [4.78, 5) is 0. The highest BCUT2D eigenvalue weighted by Gasteiger charge is 2.39. The monoisotopic (exact) mass is 219 g/mol. The third kappa shape index (κ3) is 1.51. The average Bonchev–Trinajstić information content (AvgIpc) is 2.73. The van der Waals surface area contributed by atoms with Crippen molar-refractivity contribution in [1.82, 2.24) is 4.57 Å². The zero-order chi connectivity index (χ0) is 11.5. The van der Waals surface area contributed by atoms with Gasteiger partial charge in [0.15, 0.2) is 0 Å². The highest BCUT2D eigenvalue weighted by molar-refractivity contribution is 5.30. The maximum absolute atomic E-state index is 10.2. The number of rotatable bonds is 1. The fourth-order valence-corrected chi connectivity index (χ4v) is 3.15. The van der Waals surface area contributed by atoms with Crippen LogP contribution in [0.2, 0.25) is 0 Å². The van der Waals surface area contributed by atoms with Gasteiger partial charge in [0.2, 0.25) is 0 Å². The molecule has 2 aliphatic carbocycles. The molecule has 1 N–H and O–H groups in total. The molecule has 88 valence electrons. The van der Waals surface area contributed by atoms with Gasteiger partial charge in [0.1, 0.15) is 0 Å². The number of hydrogen-bond acceptors (Lipinski definition) is 1. The van der Waals surface area contributed by atoms with E-state index in [2.05, 4.69) is 37.6 Å². The fraction of sp³-hybridized carbons (Fsp3) is 0.714. The predicted molar refractivity (Wildman–Crippen MR) is 64.3 cm³/mol. The lowest BCUT2D eigenvalue weighted by Gasteiger charge is -2.34. The first-order chi connectivity index (χ1) is 7.48. The smallest absolute Gasteiger partial charge is 0.0812 e. The summed E-state index contributed by atoms with van der Waals surface area (Å²) in [6, 6.07) is 2.82. The molecule has 3 atom stereocenters. The molecule has 1 aromatic heterocycles. The lowest BCUT2D eigenvalue weighted by Crippen LogP contribution is -2.26. The van der Waals surface area contributed by atoms with E-state index >= 15 is 0 Å². The van der Waals surface area contributed by atoms with Gasteiger partial charge in [-0.15, -0.1) is 0 Å². The van der Waals surface area contributed by atoms with Crippen molar-refractivity contribution < 1.29 is 5.11 Å². The topological polar surface area (TPSA) is 25.2 Å². The summed E-state index contributed by atoms with van der Waals surface area (Å²) in [6.07, 6.45) is 5.23. The highest BCUT2D eigenvalue weighted by Crippen LogP contribution is 2.48. The molecule has 0 aliphatic heterocycles. The first-order valence-corrected chi connectivity index (χ1v) is 6.35. The van der Waals surface area contributed by atoms with Crippen LogP contribution >= 0.6 is 0 Å². The Bertz CT molecular complexity index is 418. The Morgan fingerprint density at radius 2 is 2.12 bits per heavy atom. The van der Waals surface area contributed by atoms with Crippen LogP contribution < -0.4 is 0 Å². The van der Waals surface area contributed by atoms with Crippen molar-refractivity contribution in [2.75, 3.05) is 0 Å². The molecule has 0 aromatic carbocycles. The molecule has 0 amide bonds. The molecular weight excluding hydrogens is 198 g/mol. The molecule has 0 saturated heterocycles. The highest BCUT2D eigenvalue weighted by atomic mass is 16.3. The van der Waals surface area contributed by atoms with Crippen molar-refractivity contribution in [3.8, 4) is 0 Å². The Balaban J connectivity index is 2.00. The zero-order valence-electron chi connectivity index (χ0n) is 10.4. The summed E-state index contributed by atoms with van der Waals surface area (Å²) in [6.45, 7) is 6.82. The summed E-state index contributed by atoms with van der Waals surface area (Å²) in [7, 11) is 0. The second kappa shape index (κ2) is 3.13. The Kier molecular flexibility index (Phi) is 2.03. The zero-order valence-corrected chi connectivity index (χ0v) is 10.4. The molecule has 3 rings (SSSR count). The van der Waals surface area contributed by atoms with Gasteiger partial charge in [0.25, 0.3) is 0 Å². The van der Waals surface area contributed by atoms with Gasteiger partial charge in [-0.3, -0.25) is 0 Å². The van der Waals surface area contributed by atoms with Crippen molar-refractivity contribution in [2.24, 2.45) is 11.3 Å². The van der Waals surface area contributed by atoms with Crippen LogP contribution in [0, 0.1) is 11.3 Å². The standard InChI is InChI=1S/C14H21NO/c1-9-6-11(9)15-5-4-10-12(15)7-14(2,3)8-13(10)16/h4-5,9,11,13,16H,6-8H2,1-3H3. The van der Waals surface area contributed by atoms with Gasteiger partial charge >= 0.3 is 0 Å². The number of aliphatic hydroxyl groups is 1. The first kappa shape index (κ1) is 10.4. The van der Waals surface area contributed by atoms with Crippen LogP contribution in [-0.4, -0.2) is 9.67 Å². The van der Waals surface area contributed by atoms with Crippen LogP contribution in [0.4, 0.5) is 0 Å². The number of aliphatic hydroxyl groups excluding tert-OH is 1. The molecule has 0 spiro atoms. The Labute approximate surface area is 97.3 Å². The molecule has 2 nitrogen and oxygen atoms in total. The number of fused-ring (bicyclic) bond motifs is 1. The molecule has 1 heterocycles. The molecule has 3 unspecified atom stereocenters. The van der Waals surface area contributed by atoms with E-state index in [1.807, 2.05) is 0 Å². The van der Waals surface area contributed by atoms with E-state index in [1.165, 1.54) is 17.7 Å². The van der Waals surface area contributed by atoms with E-state index in [0.717, 1.165) is 18.8 Å². The maximum Gasteiger partial charge on any atom is 0.0812 e. The van der Waals surface area contributed by atoms with Gasteiger partial charge in [0.05, 0.1) is 6.10 Å². The quantitative estimate of drug-likeness (QED) is 0.771. The van der Waals surface area contributed by atoms with Crippen molar-refractivity contribution in [3.05, 3.63) is 23.5 Å². The molecule has 16 heavy (non-hydrogen) atoms. The van der Waals surface area contributed by atoms with Crippen molar-refractivity contribution in [3.63, 3.8) is 0 Å². The van der Waals surface area contributed by atoms with Crippen LogP contribution in [0.1, 0.15) is 57.0 Å². The summed E-state index contributed by atoms with van der Waals surface area (Å²) in [5, 5.41) is 10.2. The summed E-state index contributed by atoms with van der Waals surface area (Å²) in [5.41, 5.74) is 2.80. The minimum Gasteiger partial charge on any atom is -0.388 e. The molecule has 2 aliphatic rings. The summed E-state index contributed by atoms with van der Waals surface area (Å²) < 4.78 is 2.42. The Morgan fingerprint density at radius 3 is 2.75 bits per heavy atom. The number of hydrogen-bond donors (Lipinski definition) is 1. The summed E-state index contributed by atoms with van der Waals surface area (Å²) >= 11 is 0. The van der Waals surface area contributed by atoms with Crippen molar-refractivity contribution >= 4 is 0 Å². The largest absolute Gasteiger partial charge is 0.388 e. The van der Waals surface area contributed by atoms with Gasteiger partial charge in [-0.05, 0) is 36.7 Å². The minimum atomic E-state index is -0.256. The third-order valence-corrected chi connectivity index (χ3v) is 4.23. The normalized spacial score (nSPS) is 35.9. The van der Waals surface area contributed by atoms with Gasteiger partial charge in [0, 0.05) is 23.5 Å². The molecular formula is C14H21NO. The van der Waals surface area contributed by atoms with Crippen LogP contribution in [0.15, 0.2) is 12.3 Å². The molecule has 0 bridgehead atoms. The second-order valence-electron chi connectivity index (χ2n) is 6.47. The Hall–Kier alpha value is -0.760. The molecule has 1 saturated carbocycles. The van der Waals surface area contributed by atoms with Crippen LogP contribution in [-0.2, 0) is 6.42 Å². The van der Waals surface area contributed by atoms with E-state index in [-0.39, 0.29) is 11.5 Å². The molecule has 2 heteroatoms. The lowest BCUT2D eigenvalue weighted by atomic mass is 9.75.